The van der Waals surface area contributed by atoms with Crippen molar-refractivity contribution >= 4 is 29.4 Å². The molecule has 0 unspecified atom stereocenters. The molecular formula is C21H26ClNO5. The Labute approximate surface area is 170 Å². The molecule has 28 heavy (non-hydrogen) atoms. The molecule has 1 aromatic rings. The van der Waals surface area contributed by atoms with Gasteiger partial charge in [0.1, 0.15) is 0 Å². The predicted molar refractivity (Wildman–Crippen MR) is 104 cm³/mol. The van der Waals surface area contributed by atoms with Gasteiger partial charge >= 0.3 is 11.9 Å². The van der Waals surface area contributed by atoms with Gasteiger partial charge in [0.25, 0.3) is 5.91 Å². The number of amides is 1. The largest absolute Gasteiger partial charge is 0.466 e. The van der Waals surface area contributed by atoms with Crippen LogP contribution in [0.5, 0.6) is 0 Å². The summed E-state index contributed by atoms with van der Waals surface area (Å²) in [6, 6.07) is 7.24. The SMILES string of the molecule is CCOC(=O)C1CCN(C(=O)COC(=O)C2(c3ccc(Cl)cc3)CCC2)CC1. The van der Waals surface area contributed by atoms with Gasteiger partial charge in [0.15, 0.2) is 6.61 Å². The molecule has 2 aliphatic rings. The molecule has 3 rings (SSSR count). The molecular weight excluding hydrogens is 382 g/mol. The molecule has 1 aliphatic carbocycles. The number of likely N-dealkylation sites (tertiary alicyclic amines) is 1. The van der Waals surface area contributed by atoms with Gasteiger partial charge in [-0.2, -0.15) is 0 Å². The van der Waals surface area contributed by atoms with E-state index >= 15 is 0 Å². The van der Waals surface area contributed by atoms with Crippen LogP contribution >= 0.6 is 11.6 Å². The third kappa shape index (κ3) is 4.32. The van der Waals surface area contributed by atoms with E-state index in [4.69, 9.17) is 21.1 Å². The number of esters is 2. The molecule has 0 N–H and O–H groups in total. The summed E-state index contributed by atoms with van der Waals surface area (Å²) in [6.07, 6.45) is 3.53. The van der Waals surface area contributed by atoms with E-state index in [1.54, 1.807) is 24.0 Å². The minimum Gasteiger partial charge on any atom is -0.466 e. The van der Waals surface area contributed by atoms with Gasteiger partial charge in [-0.05, 0) is 50.3 Å². The molecule has 2 fully saturated rings. The number of ether oxygens (including phenoxy) is 2. The number of hydrogen-bond donors (Lipinski definition) is 0. The third-order valence-electron chi connectivity index (χ3n) is 5.79. The summed E-state index contributed by atoms with van der Waals surface area (Å²) in [6.45, 7) is 2.83. The standard InChI is InChI=1S/C21H26ClNO5/c1-2-27-19(25)15-8-12-23(13-9-15)18(24)14-28-20(26)21(10-3-11-21)16-4-6-17(22)7-5-16/h4-7,15H,2-3,8-14H2,1H3. The lowest BCUT2D eigenvalue weighted by atomic mass is 9.64. The van der Waals surface area contributed by atoms with Gasteiger partial charge in [-0.3, -0.25) is 14.4 Å². The van der Waals surface area contributed by atoms with E-state index in [-0.39, 0.29) is 30.4 Å². The Kier molecular flexibility index (Phi) is 6.60. The summed E-state index contributed by atoms with van der Waals surface area (Å²) in [5.41, 5.74) is 0.220. The quantitative estimate of drug-likeness (QED) is 0.677. The van der Waals surface area contributed by atoms with Crippen LogP contribution in [-0.4, -0.2) is 49.0 Å². The van der Waals surface area contributed by atoms with E-state index in [0.717, 1.165) is 12.0 Å². The van der Waals surface area contributed by atoms with Crippen LogP contribution in [0.3, 0.4) is 0 Å². The first kappa shape index (κ1) is 20.6. The fourth-order valence-electron chi connectivity index (χ4n) is 3.89. The van der Waals surface area contributed by atoms with Crippen LogP contribution in [0.1, 0.15) is 44.6 Å². The molecule has 1 saturated carbocycles. The van der Waals surface area contributed by atoms with Gasteiger partial charge in [0.2, 0.25) is 0 Å². The Bertz CT molecular complexity index is 721. The van der Waals surface area contributed by atoms with Gasteiger partial charge in [-0.25, -0.2) is 0 Å². The topological polar surface area (TPSA) is 72.9 Å². The highest BCUT2D eigenvalue weighted by atomic mass is 35.5. The number of carbonyl (C=O) groups is 3. The first-order valence-electron chi connectivity index (χ1n) is 9.84. The monoisotopic (exact) mass is 407 g/mol. The summed E-state index contributed by atoms with van der Waals surface area (Å²) >= 11 is 5.94. The lowest BCUT2D eigenvalue weighted by Gasteiger charge is -2.39. The van der Waals surface area contributed by atoms with Crippen LogP contribution in [0.4, 0.5) is 0 Å². The Morgan fingerprint density at radius 2 is 1.75 bits per heavy atom. The highest BCUT2D eigenvalue weighted by Gasteiger charge is 2.47. The number of rotatable bonds is 6. The number of benzene rings is 1. The minimum absolute atomic E-state index is 0.158. The van der Waals surface area contributed by atoms with Crippen molar-refractivity contribution in [3.8, 4) is 0 Å². The van der Waals surface area contributed by atoms with Gasteiger partial charge < -0.3 is 14.4 Å². The number of halogens is 1. The van der Waals surface area contributed by atoms with Crippen LogP contribution in [0.25, 0.3) is 0 Å². The maximum Gasteiger partial charge on any atom is 0.317 e. The molecule has 0 atom stereocenters. The normalized spacial score (nSPS) is 18.9. The molecule has 152 valence electrons. The van der Waals surface area contributed by atoms with Crippen molar-refractivity contribution in [2.75, 3.05) is 26.3 Å². The number of piperidine rings is 1. The summed E-state index contributed by atoms with van der Waals surface area (Å²) in [7, 11) is 0. The van der Waals surface area contributed by atoms with Crippen LogP contribution in [-0.2, 0) is 29.3 Å². The van der Waals surface area contributed by atoms with Gasteiger partial charge in [-0.15, -0.1) is 0 Å². The second-order valence-corrected chi connectivity index (χ2v) is 7.86. The third-order valence-corrected chi connectivity index (χ3v) is 6.04. The van der Waals surface area contributed by atoms with E-state index in [9.17, 15) is 14.4 Å². The molecule has 7 heteroatoms. The van der Waals surface area contributed by atoms with Gasteiger partial charge in [0.05, 0.1) is 17.9 Å². The van der Waals surface area contributed by atoms with Crippen molar-refractivity contribution in [1.29, 1.82) is 0 Å². The highest BCUT2D eigenvalue weighted by Crippen LogP contribution is 2.45. The van der Waals surface area contributed by atoms with Crippen molar-refractivity contribution < 1.29 is 23.9 Å². The first-order valence-corrected chi connectivity index (χ1v) is 10.2. The molecule has 1 heterocycles. The highest BCUT2D eigenvalue weighted by molar-refractivity contribution is 6.30. The summed E-state index contributed by atoms with van der Waals surface area (Å²) in [5.74, 6) is -0.928. The fraction of sp³-hybridized carbons (Fsp3) is 0.571. The zero-order valence-corrected chi connectivity index (χ0v) is 16.9. The van der Waals surface area contributed by atoms with Crippen molar-refractivity contribution in [3.05, 3.63) is 34.9 Å². The van der Waals surface area contributed by atoms with Crippen LogP contribution < -0.4 is 0 Å². The van der Waals surface area contributed by atoms with Gasteiger partial charge in [-0.1, -0.05) is 30.2 Å². The Balaban J connectivity index is 1.51. The first-order chi connectivity index (χ1) is 13.5. The zero-order chi connectivity index (χ0) is 20.1. The molecule has 0 radical (unpaired) electrons. The second kappa shape index (κ2) is 8.95. The van der Waals surface area contributed by atoms with Crippen LogP contribution in [0.2, 0.25) is 5.02 Å². The molecule has 0 bridgehead atoms. The van der Waals surface area contributed by atoms with E-state index in [0.29, 0.717) is 50.4 Å². The summed E-state index contributed by atoms with van der Waals surface area (Å²) < 4.78 is 10.4. The molecule has 1 saturated heterocycles. The predicted octanol–water partition coefficient (Wildman–Crippen LogP) is 3.11. The van der Waals surface area contributed by atoms with Gasteiger partial charge in [0, 0.05) is 18.1 Å². The van der Waals surface area contributed by atoms with E-state index in [2.05, 4.69) is 0 Å². The van der Waals surface area contributed by atoms with Crippen LogP contribution in [0.15, 0.2) is 24.3 Å². The lowest BCUT2D eigenvalue weighted by molar-refractivity contribution is -0.161. The summed E-state index contributed by atoms with van der Waals surface area (Å²) in [5, 5.41) is 0.619. The molecule has 0 spiro atoms. The van der Waals surface area contributed by atoms with E-state index in [1.807, 2.05) is 12.1 Å². The molecule has 1 amide bonds. The zero-order valence-electron chi connectivity index (χ0n) is 16.1. The minimum atomic E-state index is -0.665. The van der Waals surface area contributed by atoms with E-state index < -0.39 is 5.41 Å². The fourth-order valence-corrected chi connectivity index (χ4v) is 4.02. The van der Waals surface area contributed by atoms with E-state index in [1.165, 1.54) is 0 Å². The van der Waals surface area contributed by atoms with Crippen molar-refractivity contribution in [3.63, 3.8) is 0 Å². The number of hydrogen-bond acceptors (Lipinski definition) is 5. The maximum absolute atomic E-state index is 12.7. The average Bonchev–Trinajstić information content (AvgIpc) is 2.67. The second-order valence-electron chi connectivity index (χ2n) is 7.43. The molecule has 1 aliphatic heterocycles. The average molecular weight is 408 g/mol. The molecule has 6 nitrogen and oxygen atoms in total. The Morgan fingerprint density at radius 1 is 1.11 bits per heavy atom. The Morgan fingerprint density at radius 3 is 2.29 bits per heavy atom. The summed E-state index contributed by atoms with van der Waals surface area (Å²) in [4.78, 5) is 38.6. The van der Waals surface area contributed by atoms with Crippen molar-refractivity contribution in [2.24, 2.45) is 5.92 Å². The van der Waals surface area contributed by atoms with Crippen molar-refractivity contribution in [2.45, 2.75) is 44.4 Å². The Hall–Kier alpha value is -2.08. The van der Waals surface area contributed by atoms with Crippen molar-refractivity contribution in [1.82, 2.24) is 4.90 Å². The van der Waals surface area contributed by atoms with Crippen LogP contribution in [0, 0.1) is 5.92 Å². The molecule has 0 aromatic heterocycles. The number of nitrogens with zero attached hydrogens (tertiary/aromatic N) is 1. The number of carbonyl (C=O) groups excluding carboxylic acids is 3. The molecule has 1 aromatic carbocycles. The maximum atomic E-state index is 12.7. The smallest absolute Gasteiger partial charge is 0.317 e. The lowest BCUT2D eigenvalue weighted by Crippen LogP contribution is -2.46.